The maximum atomic E-state index is 14.0. The molecule has 0 unspecified atom stereocenters. The smallest absolute Gasteiger partial charge is 0.279 e. The van der Waals surface area contributed by atoms with Gasteiger partial charge in [0.1, 0.15) is 17.7 Å². The summed E-state index contributed by atoms with van der Waals surface area (Å²) in [7, 11) is 1.94. The number of hydrogen-bond acceptors (Lipinski definition) is 5. The van der Waals surface area contributed by atoms with Gasteiger partial charge in [-0.3, -0.25) is 14.3 Å². The molecule has 1 atom stereocenters. The number of H-pyrrole nitrogens is 1. The largest absolute Gasteiger partial charge is 0.379 e. The molecule has 0 radical (unpaired) electrons. The normalized spacial score (nSPS) is 22.4. The molecule has 4 aromatic rings. The number of alkyl halides is 2. The number of fused-ring (bicyclic) bond motifs is 1. The molecule has 0 amide bonds. The number of aromatic amines is 1. The Morgan fingerprint density at radius 3 is 2.70 bits per heavy atom. The van der Waals surface area contributed by atoms with E-state index in [1.807, 2.05) is 29.9 Å². The first-order valence-corrected chi connectivity index (χ1v) is 14.1. The standard InChI is InChI=1S/C30H34F2N6O2/c1-19-13-37(9-8-30(19,31)32)14-22-11-24-25(20-6-7-20)15-38(28(39)27(24)34-22)23-5-3-4-21(10-23)29(16-40-17-29)12-26-35-33-18-36(26)2/h3-5,10-11,15,18-20,34H,6-9,12-14,16-17H2,1-2H3/t19-/m0/s1. The maximum Gasteiger partial charge on any atom is 0.279 e. The first-order valence-electron chi connectivity index (χ1n) is 14.1. The molecule has 210 valence electrons. The molecule has 3 aromatic heterocycles. The minimum Gasteiger partial charge on any atom is -0.379 e. The van der Waals surface area contributed by atoms with Crippen molar-refractivity contribution in [2.45, 2.75) is 56.4 Å². The van der Waals surface area contributed by atoms with Crippen LogP contribution < -0.4 is 5.56 Å². The number of ether oxygens (including phenoxy) is 1. The second-order valence-electron chi connectivity index (χ2n) is 12.1. The number of benzene rings is 1. The quantitative estimate of drug-likeness (QED) is 0.372. The lowest BCUT2D eigenvalue weighted by Gasteiger charge is -2.41. The zero-order valence-electron chi connectivity index (χ0n) is 22.9. The summed E-state index contributed by atoms with van der Waals surface area (Å²) < 4.78 is 37.4. The summed E-state index contributed by atoms with van der Waals surface area (Å²) in [6.07, 6.45) is 6.49. The lowest BCUT2D eigenvalue weighted by atomic mass is 9.75. The van der Waals surface area contributed by atoms with Crippen LogP contribution in [0.3, 0.4) is 0 Å². The lowest BCUT2D eigenvalue weighted by Crippen LogP contribution is -2.49. The fourth-order valence-electron chi connectivity index (χ4n) is 6.32. The van der Waals surface area contributed by atoms with Gasteiger partial charge in [0.05, 0.1) is 13.2 Å². The van der Waals surface area contributed by atoms with Gasteiger partial charge in [0.2, 0.25) is 0 Å². The van der Waals surface area contributed by atoms with Crippen LogP contribution in [0.1, 0.15) is 54.7 Å². The van der Waals surface area contributed by atoms with Gasteiger partial charge in [-0.15, -0.1) is 10.2 Å². The molecule has 8 nitrogen and oxygen atoms in total. The highest BCUT2D eigenvalue weighted by Gasteiger charge is 2.42. The van der Waals surface area contributed by atoms with Crippen LogP contribution in [0.2, 0.25) is 0 Å². The summed E-state index contributed by atoms with van der Waals surface area (Å²) in [5, 5.41) is 9.27. The Kier molecular flexibility index (Phi) is 5.98. The van der Waals surface area contributed by atoms with Crippen molar-refractivity contribution in [3.05, 3.63) is 75.9 Å². The fraction of sp³-hybridized carbons (Fsp3) is 0.500. The lowest BCUT2D eigenvalue weighted by molar-refractivity contribution is -0.100. The van der Waals surface area contributed by atoms with Crippen molar-refractivity contribution in [1.82, 2.24) is 29.2 Å². The van der Waals surface area contributed by atoms with Gasteiger partial charge in [-0.2, -0.15) is 0 Å². The number of aryl methyl sites for hydroxylation is 1. The van der Waals surface area contributed by atoms with E-state index in [4.69, 9.17) is 4.74 Å². The third kappa shape index (κ3) is 4.37. The first-order chi connectivity index (χ1) is 19.2. The summed E-state index contributed by atoms with van der Waals surface area (Å²) >= 11 is 0. The third-order valence-corrected chi connectivity index (χ3v) is 9.11. The van der Waals surface area contributed by atoms with Crippen LogP contribution in [0.5, 0.6) is 0 Å². The molecular formula is C30H34F2N6O2. The van der Waals surface area contributed by atoms with Crippen LogP contribution in [0, 0.1) is 5.92 Å². The van der Waals surface area contributed by atoms with Crippen LogP contribution >= 0.6 is 0 Å². The molecule has 40 heavy (non-hydrogen) atoms. The molecule has 7 rings (SSSR count). The van der Waals surface area contributed by atoms with Crippen molar-refractivity contribution >= 4 is 10.9 Å². The molecule has 10 heteroatoms. The highest BCUT2D eigenvalue weighted by atomic mass is 19.3. The first kappa shape index (κ1) is 25.6. The van der Waals surface area contributed by atoms with Gasteiger partial charge in [-0.1, -0.05) is 19.1 Å². The van der Waals surface area contributed by atoms with E-state index in [9.17, 15) is 13.6 Å². The summed E-state index contributed by atoms with van der Waals surface area (Å²) in [4.78, 5) is 19.3. The van der Waals surface area contributed by atoms with Gasteiger partial charge >= 0.3 is 0 Å². The van der Waals surface area contributed by atoms with E-state index in [1.165, 1.54) is 5.56 Å². The summed E-state index contributed by atoms with van der Waals surface area (Å²) in [6, 6.07) is 10.2. The van der Waals surface area contributed by atoms with E-state index in [-0.39, 0.29) is 17.4 Å². The second kappa shape index (κ2) is 9.34. The molecule has 3 fully saturated rings. The van der Waals surface area contributed by atoms with Crippen LogP contribution in [-0.4, -0.2) is 61.4 Å². The van der Waals surface area contributed by atoms with Gasteiger partial charge in [-0.05, 0) is 48.1 Å². The van der Waals surface area contributed by atoms with Crippen LogP contribution in [0.25, 0.3) is 16.6 Å². The average molecular weight is 549 g/mol. The van der Waals surface area contributed by atoms with Crippen molar-refractivity contribution < 1.29 is 13.5 Å². The minimum atomic E-state index is -2.61. The van der Waals surface area contributed by atoms with E-state index in [2.05, 4.69) is 38.3 Å². The summed E-state index contributed by atoms with van der Waals surface area (Å²) in [5.41, 5.74) is 4.26. The topological polar surface area (TPSA) is 81.0 Å². The zero-order valence-corrected chi connectivity index (χ0v) is 22.9. The Bertz CT molecular complexity index is 1630. The van der Waals surface area contributed by atoms with Gasteiger partial charge < -0.3 is 14.3 Å². The molecule has 5 heterocycles. The number of rotatable bonds is 7. The van der Waals surface area contributed by atoms with Gasteiger partial charge in [-0.25, -0.2) is 8.78 Å². The van der Waals surface area contributed by atoms with E-state index >= 15 is 0 Å². The van der Waals surface area contributed by atoms with Crippen LogP contribution in [0.4, 0.5) is 8.78 Å². The number of aromatic nitrogens is 5. The summed E-state index contributed by atoms with van der Waals surface area (Å²) in [5.74, 6) is -1.97. The Balaban J connectivity index is 1.24. The molecule has 1 N–H and O–H groups in total. The summed E-state index contributed by atoms with van der Waals surface area (Å²) in [6.45, 7) is 4.01. The number of piperidine rings is 1. The van der Waals surface area contributed by atoms with Crippen molar-refractivity contribution in [3.63, 3.8) is 0 Å². The van der Waals surface area contributed by atoms with E-state index < -0.39 is 11.8 Å². The molecule has 1 aliphatic carbocycles. The number of likely N-dealkylation sites (tertiary alicyclic amines) is 1. The molecule has 1 aromatic carbocycles. The van der Waals surface area contributed by atoms with Crippen LogP contribution in [-0.2, 0) is 30.2 Å². The Labute approximate surface area is 231 Å². The fourth-order valence-corrected chi connectivity index (χ4v) is 6.32. The van der Waals surface area contributed by atoms with Crippen molar-refractivity contribution in [3.8, 4) is 5.69 Å². The molecule has 2 saturated heterocycles. The minimum absolute atomic E-state index is 0.103. The SMILES string of the molecule is C[C@H]1CN(Cc2cc3c(C4CC4)cn(-c4cccc(C5(Cc6nncn6C)COC5)c4)c(=O)c3[nH]2)CCC1(F)F. The zero-order chi connectivity index (χ0) is 27.6. The molecule has 1 saturated carbocycles. The van der Waals surface area contributed by atoms with Crippen molar-refractivity contribution in [1.29, 1.82) is 0 Å². The highest BCUT2D eigenvalue weighted by molar-refractivity contribution is 5.84. The number of nitrogens with one attached hydrogen (secondary N) is 1. The van der Waals surface area contributed by atoms with E-state index in [1.54, 1.807) is 17.8 Å². The molecule has 2 aliphatic heterocycles. The van der Waals surface area contributed by atoms with Crippen LogP contribution in [0.15, 0.2) is 47.7 Å². The average Bonchev–Trinajstić information content (AvgIpc) is 3.54. The molecule has 0 bridgehead atoms. The molecule has 0 spiro atoms. The molecule has 3 aliphatic rings. The number of pyridine rings is 1. The number of nitrogens with zero attached hydrogens (tertiary/aromatic N) is 5. The maximum absolute atomic E-state index is 14.0. The Hall–Kier alpha value is -3.37. The van der Waals surface area contributed by atoms with E-state index in [0.29, 0.717) is 50.7 Å². The number of halogens is 2. The van der Waals surface area contributed by atoms with Gasteiger partial charge in [0, 0.05) is 73.8 Å². The Morgan fingerprint density at radius 2 is 2.02 bits per heavy atom. The van der Waals surface area contributed by atoms with Gasteiger partial charge in [0.15, 0.2) is 0 Å². The second-order valence-corrected chi connectivity index (χ2v) is 12.1. The highest BCUT2D eigenvalue weighted by Crippen LogP contribution is 2.43. The third-order valence-electron chi connectivity index (χ3n) is 9.11. The van der Waals surface area contributed by atoms with E-state index in [0.717, 1.165) is 41.0 Å². The predicted octanol–water partition coefficient (Wildman–Crippen LogP) is 4.31. The monoisotopic (exact) mass is 548 g/mol. The molecular weight excluding hydrogens is 514 g/mol. The predicted molar refractivity (Wildman–Crippen MR) is 147 cm³/mol. The number of hydrogen-bond donors (Lipinski definition) is 1. The van der Waals surface area contributed by atoms with Crippen molar-refractivity contribution in [2.75, 3.05) is 26.3 Å². The van der Waals surface area contributed by atoms with Gasteiger partial charge in [0.25, 0.3) is 11.5 Å². The Morgan fingerprint density at radius 1 is 1.20 bits per heavy atom. The van der Waals surface area contributed by atoms with Crippen molar-refractivity contribution in [2.24, 2.45) is 13.0 Å².